The van der Waals surface area contributed by atoms with Crippen molar-refractivity contribution in [3.8, 4) is 0 Å². The lowest BCUT2D eigenvalue weighted by molar-refractivity contribution is 0.260. The van der Waals surface area contributed by atoms with Gasteiger partial charge in [0.05, 0.1) is 9.73 Å². The molecule has 0 spiro atoms. The van der Waals surface area contributed by atoms with Crippen molar-refractivity contribution in [2.45, 2.75) is 4.90 Å². The van der Waals surface area contributed by atoms with Crippen LogP contribution in [0.15, 0.2) is 63.9 Å². The highest BCUT2D eigenvalue weighted by Gasteiger charge is 2.09. The van der Waals surface area contributed by atoms with Gasteiger partial charge in [0.25, 0.3) is 0 Å². The van der Waals surface area contributed by atoms with Gasteiger partial charge >= 0.3 is 6.03 Å². The summed E-state index contributed by atoms with van der Waals surface area (Å²) in [5.41, 5.74) is 0.604. The van der Waals surface area contributed by atoms with Crippen LogP contribution >= 0.6 is 11.6 Å². The number of benzene rings is 2. The van der Waals surface area contributed by atoms with E-state index < -0.39 is 15.8 Å². The number of hydrogen-bond acceptors (Lipinski definition) is 2. The van der Waals surface area contributed by atoms with Gasteiger partial charge in [0.1, 0.15) is 0 Å². The van der Waals surface area contributed by atoms with Crippen molar-refractivity contribution in [2.75, 3.05) is 11.6 Å². The Morgan fingerprint density at radius 3 is 2.30 bits per heavy atom. The van der Waals surface area contributed by atoms with Gasteiger partial charge in [-0.25, -0.2) is 9.00 Å². The van der Waals surface area contributed by atoms with Crippen molar-refractivity contribution in [1.82, 2.24) is 0 Å². The first-order chi connectivity index (χ1) is 9.47. The van der Waals surface area contributed by atoms with Crippen LogP contribution in [0.2, 0.25) is 5.02 Å². The number of hydrogen-bond donors (Lipinski definition) is 1. The second-order valence-electron chi connectivity index (χ2n) is 4.14. The highest BCUT2D eigenvalue weighted by molar-refractivity contribution is 7.93. The van der Waals surface area contributed by atoms with Crippen molar-refractivity contribution in [1.29, 1.82) is 0 Å². The number of nitrogens with one attached hydrogen (secondary N) is 1. The minimum atomic E-state index is -2.79. The molecule has 0 aromatic heterocycles. The highest BCUT2D eigenvalue weighted by atomic mass is 35.5. The summed E-state index contributed by atoms with van der Waals surface area (Å²) in [6.45, 7) is 0. The number of carbonyl (C=O) groups excluding carboxylic acids is 1. The minimum Gasteiger partial charge on any atom is -0.306 e. The Hall–Kier alpha value is -1.85. The van der Waals surface area contributed by atoms with E-state index in [0.717, 1.165) is 0 Å². The predicted octanol–water partition coefficient (Wildman–Crippen LogP) is 4.03. The number of nitrogens with zero attached hydrogens (tertiary/aromatic N) is 1. The Labute approximate surface area is 123 Å². The Bertz CT molecular complexity index is 721. The van der Waals surface area contributed by atoms with E-state index >= 15 is 0 Å². The zero-order valence-electron chi connectivity index (χ0n) is 10.7. The molecule has 4 nitrogen and oxygen atoms in total. The van der Waals surface area contributed by atoms with E-state index in [-0.39, 0.29) is 0 Å². The molecule has 0 aliphatic heterocycles. The van der Waals surface area contributed by atoms with Crippen molar-refractivity contribution in [2.24, 2.45) is 4.36 Å². The van der Waals surface area contributed by atoms with Gasteiger partial charge in [-0.3, -0.25) is 0 Å². The maximum Gasteiger partial charge on any atom is 0.353 e. The number of amides is 2. The van der Waals surface area contributed by atoms with E-state index in [4.69, 9.17) is 11.6 Å². The zero-order valence-corrected chi connectivity index (χ0v) is 12.3. The first-order valence-electron chi connectivity index (χ1n) is 5.81. The molecule has 1 N–H and O–H groups in total. The second-order valence-corrected chi connectivity index (χ2v) is 6.84. The molecule has 0 saturated carbocycles. The fourth-order valence-electron chi connectivity index (χ4n) is 1.57. The predicted molar refractivity (Wildman–Crippen MR) is 81.7 cm³/mol. The Morgan fingerprint density at radius 2 is 1.70 bits per heavy atom. The van der Waals surface area contributed by atoms with Crippen LogP contribution in [0, 0.1) is 0 Å². The molecule has 0 radical (unpaired) electrons. The number of urea groups is 1. The molecule has 20 heavy (non-hydrogen) atoms. The third-order valence-electron chi connectivity index (χ3n) is 2.53. The molecule has 2 rings (SSSR count). The third kappa shape index (κ3) is 3.82. The lowest BCUT2D eigenvalue weighted by atomic mass is 10.3. The summed E-state index contributed by atoms with van der Waals surface area (Å²) in [4.78, 5) is 12.2. The molecule has 2 amide bonds. The molecule has 1 unspecified atom stereocenters. The molecule has 104 valence electrons. The topological polar surface area (TPSA) is 58.5 Å². The molecule has 0 aliphatic carbocycles. The summed E-state index contributed by atoms with van der Waals surface area (Å²) in [5, 5.41) is 3.11. The SMILES string of the molecule is CS(=O)(=NC(=O)Nc1ccccc1)c1ccc(Cl)cc1. The number of halogens is 1. The minimum absolute atomic E-state index is 0.463. The lowest BCUT2D eigenvalue weighted by Gasteiger charge is -2.05. The van der Waals surface area contributed by atoms with Gasteiger partial charge in [0, 0.05) is 21.9 Å². The average molecular weight is 309 g/mol. The van der Waals surface area contributed by atoms with Crippen LogP contribution in [0.1, 0.15) is 0 Å². The smallest absolute Gasteiger partial charge is 0.306 e. The normalized spacial score (nSPS) is 13.3. The summed E-state index contributed by atoms with van der Waals surface area (Å²) < 4.78 is 16.2. The second kappa shape index (κ2) is 6.07. The van der Waals surface area contributed by atoms with Crippen LogP contribution in [-0.4, -0.2) is 16.5 Å². The van der Waals surface area contributed by atoms with Gasteiger partial charge in [-0.15, -0.1) is 4.36 Å². The van der Waals surface area contributed by atoms with Crippen LogP contribution in [0.4, 0.5) is 10.5 Å². The maximum atomic E-state index is 12.4. The van der Waals surface area contributed by atoms with Gasteiger partial charge < -0.3 is 5.32 Å². The van der Waals surface area contributed by atoms with Gasteiger partial charge in [-0.1, -0.05) is 29.8 Å². The number of anilines is 1. The van der Waals surface area contributed by atoms with Crippen LogP contribution in [0.3, 0.4) is 0 Å². The van der Waals surface area contributed by atoms with Gasteiger partial charge in [-0.2, -0.15) is 0 Å². The van der Waals surface area contributed by atoms with Gasteiger partial charge in [-0.05, 0) is 36.4 Å². The molecule has 2 aromatic carbocycles. The van der Waals surface area contributed by atoms with Crippen molar-refractivity contribution in [3.05, 3.63) is 59.6 Å². The Kier molecular flexibility index (Phi) is 4.42. The van der Waals surface area contributed by atoms with Crippen molar-refractivity contribution in [3.63, 3.8) is 0 Å². The molecule has 0 heterocycles. The van der Waals surface area contributed by atoms with Crippen molar-refractivity contribution < 1.29 is 9.00 Å². The molecule has 0 fully saturated rings. The largest absolute Gasteiger partial charge is 0.353 e. The van der Waals surface area contributed by atoms with Crippen LogP contribution in [0.25, 0.3) is 0 Å². The summed E-state index contributed by atoms with van der Waals surface area (Å²) >= 11 is 5.77. The molecule has 2 aromatic rings. The molecule has 6 heteroatoms. The summed E-state index contributed by atoms with van der Waals surface area (Å²) in [6.07, 6.45) is 1.42. The average Bonchev–Trinajstić information content (AvgIpc) is 2.39. The Morgan fingerprint density at radius 1 is 1.10 bits per heavy atom. The molecular formula is C14H13ClN2O2S. The quantitative estimate of drug-likeness (QED) is 0.910. The maximum absolute atomic E-state index is 12.4. The highest BCUT2D eigenvalue weighted by Crippen LogP contribution is 2.16. The van der Waals surface area contributed by atoms with Gasteiger partial charge in [0.15, 0.2) is 0 Å². The summed E-state index contributed by atoms with van der Waals surface area (Å²) in [6, 6.07) is 14.7. The Balaban J connectivity index is 2.22. The van der Waals surface area contributed by atoms with Gasteiger partial charge in [0.2, 0.25) is 0 Å². The fourth-order valence-corrected chi connectivity index (χ4v) is 2.80. The summed E-state index contributed by atoms with van der Waals surface area (Å²) in [7, 11) is -2.79. The lowest BCUT2D eigenvalue weighted by Crippen LogP contribution is -2.10. The number of rotatable bonds is 2. The third-order valence-corrected chi connectivity index (χ3v) is 4.45. The van der Waals surface area contributed by atoms with E-state index in [2.05, 4.69) is 9.68 Å². The molecule has 0 bridgehead atoms. The van der Waals surface area contributed by atoms with E-state index in [1.807, 2.05) is 6.07 Å². The number of carbonyl (C=O) groups is 1. The summed E-state index contributed by atoms with van der Waals surface area (Å²) in [5.74, 6) is 0. The van der Waals surface area contributed by atoms with Crippen molar-refractivity contribution >= 4 is 33.0 Å². The zero-order chi connectivity index (χ0) is 14.6. The van der Waals surface area contributed by atoms with Crippen LogP contribution in [0.5, 0.6) is 0 Å². The number of para-hydroxylation sites is 1. The molecule has 0 saturated heterocycles. The molecular weight excluding hydrogens is 296 g/mol. The monoisotopic (exact) mass is 308 g/mol. The van der Waals surface area contributed by atoms with E-state index in [1.165, 1.54) is 6.26 Å². The van der Waals surface area contributed by atoms with E-state index in [9.17, 15) is 9.00 Å². The first-order valence-corrected chi connectivity index (χ1v) is 8.11. The molecule has 0 aliphatic rings. The van der Waals surface area contributed by atoms with Crippen LogP contribution in [-0.2, 0) is 9.73 Å². The first kappa shape index (κ1) is 14.6. The van der Waals surface area contributed by atoms with E-state index in [0.29, 0.717) is 15.6 Å². The van der Waals surface area contributed by atoms with E-state index in [1.54, 1.807) is 48.5 Å². The molecule has 1 atom stereocenters. The van der Waals surface area contributed by atoms with Crippen LogP contribution < -0.4 is 5.32 Å². The fraction of sp³-hybridized carbons (Fsp3) is 0.0714. The standard InChI is InChI=1S/C14H13ClN2O2S/c1-20(19,13-9-7-11(15)8-10-13)17-14(18)16-12-5-3-2-4-6-12/h2-10H,1H3,(H,16,18).